The Morgan fingerprint density at radius 3 is 2.55 bits per heavy atom. The van der Waals surface area contributed by atoms with E-state index in [0.29, 0.717) is 34.7 Å². The van der Waals surface area contributed by atoms with E-state index in [2.05, 4.69) is 21.1 Å². The smallest absolute Gasteiger partial charge is 0.175 e. The molecule has 0 fully saturated rings. The Bertz CT molecular complexity index is 632. The molecule has 116 valence electrons. The molecular formula is C16H16BrNO4. The third-order valence-electron chi connectivity index (χ3n) is 2.80. The van der Waals surface area contributed by atoms with Crippen molar-refractivity contribution in [3.63, 3.8) is 0 Å². The van der Waals surface area contributed by atoms with Crippen molar-refractivity contribution in [1.29, 1.82) is 0 Å². The fourth-order valence-corrected chi connectivity index (χ4v) is 2.42. The van der Waals surface area contributed by atoms with Gasteiger partial charge in [-0.3, -0.25) is 0 Å². The molecule has 2 rings (SSSR count). The van der Waals surface area contributed by atoms with Crippen LogP contribution in [0.2, 0.25) is 0 Å². The zero-order valence-electron chi connectivity index (χ0n) is 12.0. The van der Waals surface area contributed by atoms with Crippen LogP contribution in [0.5, 0.6) is 17.2 Å². The fourth-order valence-electron chi connectivity index (χ4n) is 1.84. The molecular weight excluding hydrogens is 350 g/mol. The molecule has 0 spiro atoms. The second-order valence-electron chi connectivity index (χ2n) is 4.29. The first-order valence-corrected chi connectivity index (χ1v) is 7.39. The van der Waals surface area contributed by atoms with Crippen molar-refractivity contribution in [2.24, 2.45) is 5.16 Å². The molecule has 2 aromatic rings. The van der Waals surface area contributed by atoms with Crippen LogP contribution in [-0.4, -0.2) is 31.7 Å². The van der Waals surface area contributed by atoms with Crippen molar-refractivity contribution in [3.05, 3.63) is 52.5 Å². The number of hydrogen-bond donors (Lipinski definition) is 1. The number of hydrogen-bond acceptors (Lipinski definition) is 5. The highest BCUT2D eigenvalue weighted by atomic mass is 79.9. The number of nitrogens with zero attached hydrogens (tertiary/aromatic N) is 1. The van der Waals surface area contributed by atoms with Gasteiger partial charge in [0.1, 0.15) is 19.0 Å². The first-order valence-electron chi connectivity index (χ1n) is 6.60. The van der Waals surface area contributed by atoms with Gasteiger partial charge in [0.25, 0.3) is 0 Å². The molecule has 0 saturated heterocycles. The van der Waals surface area contributed by atoms with E-state index >= 15 is 0 Å². The highest BCUT2D eigenvalue weighted by molar-refractivity contribution is 9.10. The summed E-state index contributed by atoms with van der Waals surface area (Å²) in [6.07, 6.45) is 1.32. The monoisotopic (exact) mass is 365 g/mol. The van der Waals surface area contributed by atoms with Gasteiger partial charge >= 0.3 is 0 Å². The lowest BCUT2D eigenvalue weighted by Crippen LogP contribution is -2.10. The van der Waals surface area contributed by atoms with Crippen LogP contribution in [-0.2, 0) is 0 Å². The minimum Gasteiger partial charge on any atom is -0.493 e. The van der Waals surface area contributed by atoms with E-state index in [0.717, 1.165) is 5.75 Å². The molecule has 0 unspecified atom stereocenters. The van der Waals surface area contributed by atoms with Crippen LogP contribution in [0.1, 0.15) is 5.56 Å². The number of rotatable bonds is 7. The van der Waals surface area contributed by atoms with Gasteiger partial charge in [0.05, 0.1) is 17.8 Å². The normalized spacial score (nSPS) is 10.6. The maximum absolute atomic E-state index is 8.59. The van der Waals surface area contributed by atoms with Crippen LogP contribution in [0.25, 0.3) is 0 Å². The lowest BCUT2D eigenvalue weighted by atomic mass is 10.2. The van der Waals surface area contributed by atoms with Crippen molar-refractivity contribution >= 4 is 22.1 Å². The highest BCUT2D eigenvalue weighted by Crippen LogP contribution is 2.36. The Morgan fingerprint density at radius 2 is 1.86 bits per heavy atom. The van der Waals surface area contributed by atoms with Gasteiger partial charge in [-0.05, 0) is 40.2 Å². The Balaban J connectivity index is 1.97. The second kappa shape index (κ2) is 8.29. The van der Waals surface area contributed by atoms with Gasteiger partial charge in [0.15, 0.2) is 11.5 Å². The summed E-state index contributed by atoms with van der Waals surface area (Å²) in [5.74, 6) is 1.92. The molecule has 0 atom stereocenters. The minimum absolute atomic E-state index is 0.372. The summed E-state index contributed by atoms with van der Waals surface area (Å²) >= 11 is 3.42. The number of halogens is 1. The van der Waals surface area contributed by atoms with E-state index in [9.17, 15) is 0 Å². The van der Waals surface area contributed by atoms with E-state index in [4.69, 9.17) is 19.4 Å². The van der Waals surface area contributed by atoms with Crippen LogP contribution in [0.4, 0.5) is 0 Å². The number of methoxy groups -OCH3 is 1. The predicted molar refractivity (Wildman–Crippen MR) is 87.5 cm³/mol. The molecule has 0 aliphatic heterocycles. The Kier molecular flexibility index (Phi) is 6.09. The molecule has 1 N–H and O–H groups in total. The van der Waals surface area contributed by atoms with Gasteiger partial charge in [0.2, 0.25) is 0 Å². The summed E-state index contributed by atoms with van der Waals surface area (Å²) < 4.78 is 17.3. The second-order valence-corrected chi connectivity index (χ2v) is 5.14. The van der Waals surface area contributed by atoms with E-state index < -0.39 is 0 Å². The maximum Gasteiger partial charge on any atom is 0.175 e. The van der Waals surface area contributed by atoms with Gasteiger partial charge in [0, 0.05) is 5.56 Å². The van der Waals surface area contributed by atoms with Crippen molar-refractivity contribution in [2.45, 2.75) is 0 Å². The Hall–Kier alpha value is -2.21. The Labute approximate surface area is 137 Å². The van der Waals surface area contributed by atoms with Gasteiger partial charge in [-0.1, -0.05) is 23.4 Å². The van der Waals surface area contributed by atoms with E-state index in [1.807, 2.05) is 30.3 Å². The number of benzene rings is 2. The molecule has 0 aliphatic carbocycles. The standard InChI is InChI=1S/C16H16BrNO4/c1-20-15-10-12(11-18-19)9-14(17)16(15)22-8-7-21-13-5-3-2-4-6-13/h2-6,9-11,19H,7-8H2,1H3. The summed E-state index contributed by atoms with van der Waals surface area (Å²) in [5, 5.41) is 11.6. The maximum atomic E-state index is 8.59. The van der Waals surface area contributed by atoms with Gasteiger partial charge < -0.3 is 19.4 Å². The molecule has 0 aromatic heterocycles. The van der Waals surface area contributed by atoms with Crippen molar-refractivity contribution in [2.75, 3.05) is 20.3 Å². The molecule has 0 bridgehead atoms. The molecule has 6 heteroatoms. The van der Waals surface area contributed by atoms with Crippen LogP contribution in [0.3, 0.4) is 0 Å². The van der Waals surface area contributed by atoms with Crippen LogP contribution in [0, 0.1) is 0 Å². The number of ether oxygens (including phenoxy) is 3. The first-order chi connectivity index (χ1) is 10.7. The lowest BCUT2D eigenvalue weighted by Gasteiger charge is -2.13. The zero-order chi connectivity index (χ0) is 15.8. The Morgan fingerprint density at radius 1 is 1.14 bits per heavy atom. The van der Waals surface area contributed by atoms with Gasteiger partial charge in [-0.2, -0.15) is 0 Å². The van der Waals surface area contributed by atoms with E-state index in [1.54, 1.807) is 19.2 Å². The van der Waals surface area contributed by atoms with E-state index in [1.165, 1.54) is 6.21 Å². The van der Waals surface area contributed by atoms with Gasteiger partial charge in [-0.25, -0.2) is 0 Å². The predicted octanol–water partition coefficient (Wildman–Crippen LogP) is 3.72. The molecule has 0 radical (unpaired) electrons. The summed E-state index contributed by atoms with van der Waals surface area (Å²) in [7, 11) is 1.55. The highest BCUT2D eigenvalue weighted by Gasteiger charge is 2.11. The summed E-state index contributed by atoms with van der Waals surface area (Å²) in [6.45, 7) is 0.788. The fraction of sp³-hybridized carbons (Fsp3) is 0.188. The van der Waals surface area contributed by atoms with Crippen LogP contribution in [0.15, 0.2) is 52.1 Å². The average molecular weight is 366 g/mol. The molecule has 0 amide bonds. The largest absolute Gasteiger partial charge is 0.493 e. The zero-order valence-corrected chi connectivity index (χ0v) is 13.6. The minimum atomic E-state index is 0.372. The van der Waals surface area contributed by atoms with E-state index in [-0.39, 0.29) is 0 Å². The third kappa shape index (κ3) is 4.39. The molecule has 2 aromatic carbocycles. The number of oxime groups is 1. The molecule has 5 nitrogen and oxygen atoms in total. The topological polar surface area (TPSA) is 60.3 Å². The summed E-state index contributed by atoms with van der Waals surface area (Å²) in [6, 6.07) is 13.0. The van der Waals surface area contributed by atoms with Crippen molar-refractivity contribution in [3.8, 4) is 17.2 Å². The summed E-state index contributed by atoms with van der Waals surface area (Å²) in [5.41, 5.74) is 0.694. The quantitative estimate of drug-likeness (QED) is 0.351. The van der Waals surface area contributed by atoms with Crippen LogP contribution < -0.4 is 14.2 Å². The van der Waals surface area contributed by atoms with Crippen molar-refractivity contribution < 1.29 is 19.4 Å². The van der Waals surface area contributed by atoms with Crippen molar-refractivity contribution in [1.82, 2.24) is 0 Å². The summed E-state index contributed by atoms with van der Waals surface area (Å²) in [4.78, 5) is 0. The third-order valence-corrected chi connectivity index (χ3v) is 3.39. The molecule has 0 heterocycles. The first kappa shape index (κ1) is 16.2. The van der Waals surface area contributed by atoms with Crippen LogP contribution >= 0.6 is 15.9 Å². The van der Waals surface area contributed by atoms with Gasteiger partial charge in [-0.15, -0.1) is 0 Å². The molecule has 22 heavy (non-hydrogen) atoms. The SMILES string of the molecule is COc1cc(C=NO)cc(Br)c1OCCOc1ccccc1. The molecule has 0 aliphatic rings. The molecule has 0 saturated carbocycles. The average Bonchev–Trinajstić information content (AvgIpc) is 2.54. The number of para-hydroxylation sites is 1. The lowest BCUT2D eigenvalue weighted by molar-refractivity contribution is 0.210.